The van der Waals surface area contributed by atoms with Gasteiger partial charge in [-0.3, -0.25) is 0 Å². The Kier molecular flexibility index (Phi) is 3.36. The molecule has 0 radical (unpaired) electrons. The first kappa shape index (κ1) is 13.1. The minimum atomic E-state index is -0.437. The average molecular weight is 240 g/mol. The van der Waals surface area contributed by atoms with Crippen molar-refractivity contribution in [1.29, 1.82) is 0 Å². The van der Waals surface area contributed by atoms with Gasteiger partial charge < -0.3 is 14.6 Å². The third-order valence-corrected chi connectivity index (χ3v) is 4.49. The van der Waals surface area contributed by atoms with Crippen LogP contribution in [-0.4, -0.2) is 34.6 Å². The van der Waals surface area contributed by atoms with Crippen molar-refractivity contribution in [2.24, 2.45) is 0 Å². The van der Waals surface area contributed by atoms with E-state index in [1.54, 1.807) is 6.92 Å². The highest BCUT2D eigenvalue weighted by molar-refractivity contribution is 5.02. The maximum atomic E-state index is 9.77. The third-order valence-electron chi connectivity index (χ3n) is 4.49. The van der Waals surface area contributed by atoms with Crippen LogP contribution in [0.2, 0.25) is 0 Å². The summed E-state index contributed by atoms with van der Waals surface area (Å²) in [7, 11) is 0. The van der Waals surface area contributed by atoms with Crippen molar-refractivity contribution in [2.45, 2.75) is 76.0 Å². The summed E-state index contributed by atoms with van der Waals surface area (Å²) in [6.07, 6.45) is 5.56. The van der Waals surface area contributed by atoms with Crippen LogP contribution in [0, 0.1) is 0 Å². The van der Waals surface area contributed by atoms with E-state index < -0.39 is 11.7 Å². The highest BCUT2D eigenvalue weighted by Gasteiger charge is 2.50. The zero-order valence-electron chi connectivity index (χ0n) is 11.1. The molecule has 2 rings (SSSR count). The monoisotopic (exact) mass is 240 g/mol. The number of rotatable bonds is 3. The number of hydrogen-bond donors (Lipinski definition) is 1. The predicted molar refractivity (Wildman–Crippen MR) is 66.9 cm³/mol. The van der Waals surface area contributed by atoms with Crippen LogP contribution in [0.25, 0.3) is 0 Å². The normalized spacial score (nSPS) is 48.2. The Hall–Kier alpha value is -0.380. The first-order valence-electron chi connectivity index (χ1n) is 6.56. The molecule has 0 aromatic rings. The van der Waals surface area contributed by atoms with Gasteiger partial charge in [-0.15, -0.1) is 6.58 Å². The topological polar surface area (TPSA) is 38.7 Å². The van der Waals surface area contributed by atoms with Crippen LogP contribution < -0.4 is 0 Å². The Bertz CT molecular complexity index is 302. The third kappa shape index (κ3) is 2.28. The second-order valence-corrected chi connectivity index (χ2v) is 5.88. The van der Waals surface area contributed by atoms with Crippen molar-refractivity contribution in [3.05, 3.63) is 12.7 Å². The summed E-state index contributed by atoms with van der Waals surface area (Å²) in [4.78, 5) is 0. The van der Waals surface area contributed by atoms with Gasteiger partial charge in [0.25, 0.3) is 0 Å². The van der Waals surface area contributed by atoms with Crippen LogP contribution in [0.15, 0.2) is 12.7 Å². The lowest BCUT2D eigenvalue weighted by molar-refractivity contribution is -0.164. The van der Waals surface area contributed by atoms with Crippen molar-refractivity contribution in [2.75, 3.05) is 0 Å². The summed E-state index contributed by atoms with van der Waals surface area (Å²) in [5.74, 6) is 0. The van der Waals surface area contributed by atoms with Gasteiger partial charge in [-0.25, -0.2) is 0 Å². The van der Waals surface area contributed by atoms with Gasteiger partial charge in [0, 0.05) is 0 Å². The Labute approximate surface area is 104 Å². The van der Waals surface area contributed by atoms with E-state index in [-0.39, 0.29) is 17.8 Å². The number of aliphatic hydroxyl groups excluding tert-OH is 1. The summed E-state index contributed by atoms with van der Waals surface area (Å²) >= 11 is 0. The van der Waals surface area contributed by atoms with E-state index in [0.717, 1.165) is 25.7 Å². The molecule has 98 valence electrons. The minimum Gasteiger partial charge on any atom is -0.390 e. The van der Waals surface area contributed by atoms with E-state index in [0.29, 0.717) is 0 Å². The Balaban J connectivity index is 2.03. The summed E-state index contributed by atoms with van der Waals surface area (Å²) in [5, 5.41) is 9.77. The molecule has 5 atom stereocenters. The highest BCUT2D eigenvalue weighted by atomic mass is 16.6. The standard InChI is InChI=1S/C14H24O3/c1-5-11-6-8-14(4,16-11)12-7-9-13(3,17-12)10(2)15/h5,10-12,15H,1,6-9H2,2-4H3/t10-,11-,12-,13+,14+/m1/s1. The van der Waals surface area contributed by atoms with Crippen LogP contribution >= 0.6 is 0 Å². The molecule has 3 heteroatoms. The van der Waals surface area contributed by atoms with E-state index in [1.165, 1.54) is 0 Å². The van der Waals surface area contributed by atoms with Gasteiger partial charge in [-0.1, -0.05) is 6.08 Å². The molecule has 0 saturated carbocycles. The number of hydrogen-bond acceptors (Lipinski definition) is 3. The lowest BCUT2D eigenvalue weighted by Gasteiger charge is -2.34. The Morgan fingerprint density at radius 1 is 1.29 bits per heavy atom. The molecule has 2 aliphatic rings. The smallest absolute Gasteiger partial charge is 0.0924 e. The number of ether oxygens (including phenoxy) is 2. The molecule has 0 amide bonds. The molecule has 0 aromatic carbocycles. The van der Waals surface area contributed by atoms with Crippen LogP contribution in [0.5, 0.6) is 0 Å². The van der Waals surface area contributed by atoms with Crippen molar-refractivity contribution in [1.82, 2.24) is 0 Å². The van der Waals surface area contributed by atoms with E-state index in [4.69, 9.17) is 9.47 Å². The van der Waals surface area contributed by atoms with Gasteiger partial charge in [-0.05, 0) is 46.5 Å². The van der Waals surface area contributed by atoms with Crippen LogP contribution in [0.3, 0.4) is 0 Å². The number of aliphatic hydroxyl groups is 1. The SMILES string of the molecule is C=C[C@@H]1CC[C@@](C)([C@H]2CC[C@@](C)([C@@H](C)O)O2)O1. The fourth-order valence-corrected chi connectivity index (χ4v) is 2.89. The van der Waals surface area contributed by atoms with E-state index >= 15 is 0 Å². The first-order valence-corrected chi connectivity index (χ1v) is 6.56. The molecular weight excluding hydrogens is 216 g/mol. The maximum Gasteiger partial charge on any atom is 0.0924 e. The molecule has 0 bridgehead atoms. The van der Waals surface area contributed by atoms with Crippen molar-refractivity contribution >= 4 is 0 Å². The van der Waals surface area contributed by atoms with Gasteiger partial charge in [0.15, 0.2) is 0 Å². The molecular formula is C14H24O3. The van der Waals surface area contributed by atoms with Crippen molar-refractivity contribution in [3.63, 3.8) is 0 Å². The molecule has 2 saturated heterocycles. The summed E-state index contributed by atoms with van der Waals surface area (Å²) in [6.45, 7) is 9.69. The summed E-state index contributed by atoms with van der Waals surface area (Å²) in [5.41, 5.74) is -0.630. The molecule has 17 heavy (non-hydrogen) atoms. The van der Waals surface area contributed by atoms with E-state index in [1.807, 2.05) is 13.0 Å². The molecule has 0 aliphatic carbocycles. The fraction of sp³-hybridized carbons (Fsp3) is 0.857. The largest absolute Gasteiger partial charge is 0.390 e. The maximum absolute atomic E-state index is 9.77. The van der Waals surface area contributed by atoms with Gasteiger partial charge in [0.1, 0.15) is 0 Å². The average Bonchev–Trinajstić information content (AvgIpc) is 2.84. The Morgan fingerprint density at radius 3 is 2.47 bits per heavy atom. The molecule has 0 unspecified atom stereocenters. The lowest BCUT2D eigenvalue weighted by atomic mass is 9.91. The fourth-order valence-electron chi connectivity index (χ4n) is 2.89. The van der Waals surface area contributed by atoms with Gasteiger partial charge in [0.05, 0.1) is 29.5 Å². The summed E-state index contributed by atoms with van der Waals surface area (Å²) < 4.78 is 12.1. The Morgan fingerprint density at radius 2 is 2.00 bits per heavy atom. The minimum absolute atomic E-state index is 0.0899. The molecule has 1 N–H and O–H groups in total. The second kappa shape index (κ2) is 4.38. The van der Waals surface area contributed by atoms with Crippen molar-refractivity contribution in [3.8, 4) is 0 Å². The quantitative estimate of drug-likeness (QED) is 0.770. The molecule has 0 spiro atoms. The van der Waals surface area contributed by atoms with Gasteiger partial charge >= 0.3 is 0 Å². The first-order chi connectivity index (χ1) is 7.89. The van der Waals surface area contributed by atoms with Crippen LogP contribution in [-0.2, 0) is 9.47 Å². The molecule has 2 heterocycles. The molecule has 2 aliphatic heterocycles. The lowest BCUT2D eigenvalue weighted by Crippen LogP contribution is -2.44. The summed E-state index contributed by atoms with van der Waals surface area (Å²) in [6, 6.07) is 0. The zero-order chi connectivity index (χ0) is 12.7. The van der Waals surface area contributed by atoms with Crippen LogP contribution in [0.1, 0.15) is 46.5 Å². The van der Waals surface area contributed by atoms with E-state index in [9.17, 15) is 5.11 Å². The highest BCUT2D eigenvalue weighted by Crippen LogP contribution is 2.44. The molecule has 3 nitrogen and oxygen atoms in total. The molecule has 0 aromatic heterocycles. The van der Waals surface area contributed by atoms with E-state index in [2.05, 4.69) is 13.5 Å². The zero-order valence-corrected chi connectivity index (χ0v) is 11.1. The van der Waals surface area contributed by atoms with Gasteiger partial charge in [0.2, 0.25) is 0 Å². The predicted octanol–water partition coefficient (Wildman–Crippen LogP) is 2.43. The molecule has 2 fully saturated rings. The van der Waals surface area contributed by atoms with Crippen LogP contribution in [0.4, 0.5) is 0 Å². The van der Waals surface area contributed by atoms with Crippen molar-refractivity contribution < 1.29 is 14.6 Å². The second-order valence-electron chi connectivity index (χ2n) is 5.88. The van der Waals surface area contributed by atoms with Gasteiger partial charge in [-0.2, -0.15) is 0 Å².